The molecule has 0 aliphatic heterocycles. The number of nitrogens with one attached hydrogen (secondary N) is 2. The van der Waals surface area contributed by atoms with Crippen molar-refractivity contribution in [3.05, 3.63) is 29.8 Å². The van der Waals surface area contributed by atoms with E-state index >= 15 is 0 Å². The molecule has 0 heterocycles. The monoisotopic (exact) mass is 349 g/mol. The minimum absolute atomic E-state index is 0.0127. The molecular weight excluding hydrogens is 318 g/mol. The fourth-order valence-corrected chi connectivity index (χ4v) is 2.30. The third-order valence-electron chi connectivity index (χ3n) is 4.06. The van der Waals surface area contributed by atoms with Crippen LogP contribution in [0.25, 0.3) is 0 Å². The van der Waals surface area contributed by atoms with E-state index in [0.717, 1.165) is 25.9 Å². The fraction of sp³-hybridized carbons (Fsp3) is 0.579. The first kappa shape index (κ1) is 21.0. The molecule has 1 unspecified atom stereocenters. The van der Waals surface area contributed by atoms with Gasteiger partial charge in [0.15, 0.2) is 0 Å². The van der Waals surface area contributed by atoms with Crippen LogP contribution in [-0.4, -0.2) is 47.2 Å². The lowest BCUT2D eigenvalue weighted by Gasteiger charge is -2.22. The number of rotatable bonds is 9. The van der Waals surface area contributed by atoms with Crippen molar-refractivity contribution in [1.29, 1.82) is 0 Å². The van der Waals surface area contributed by atoms with E-state index in [9.17, 15) is 14.7 Å². The summed E-state index contributed by atoms with van der Waals surface area (Å²) in [5.41, 5.74) is 0.291. The first-order valence-corrected chi connectivity index (χ1v) is 8.99. The molecule has 6 nitrogen and oxygen atoms in total. The summed E-state index contributed by atoms with van der Waals surface area (Å²) in [6.07, 6.45) is 2.40. The molecule has 0 bridgehead atoms. The van der Waals surface area contributed by atoms with Crippen molar-refractivity contribution in [1.82, 2.24) is 10.2 Å². The molecule has 0 fully saturated rings. The fourth-order valence-electron chi connectivity index (χ4n) is 2.30. The summed E-state index contributed by atoms with van der Waals surface area (Å²) in [7, 11) is 0. The lowest BCUT2D eigenvalue weighted by atomic mass is 10.0. The van der Waals surface area contributed by atoms with Crippen LogP contribution >= 0.6 is 0 Å². The summed E-state index contributed by atoms with van der Waals surface area (Å²) < 4.78 is 0. The zero-order valence-corrected chi connectivity index (χ0v) is 15.8. The Kier molecular flexibility index (Phi) is 8.41. The largest absolute Gasteiger partial charge is 0.388 e. The molecule has 25 heavy (non-hydrogen) atoms. The van der Waals surface area contributed by atoms with Gasteiger partial charge < -0.3 is 20.6 Å². The van der Waals surface area contributed by atoms with Gasteiger partial charge in [0.1, 0.15) is 0 Å². The van der Waals surface area contributed by atoms with Crippen LogP contribution in [0.3, 0.4) is 0 Å². The molecule has 140 valence electrons. The zero-order chi connectivity index (χ0) is 18.9. The number of hydrogen-bond acceptors (Lipinski definition) is 3. The number of carbonyl (C=O) groups is 2. The zero-order valence-electron chi connectivity index (χ0n) is 15.8. The van der Waals surface area contributed by atoms with Crippen molar-refractivity contribution in [3.8, 4) is 0 Å². The highest BCUT2D eigenvalue weighted by Crippen LogP contribution is 2.13. The Bertz CT molecular complexity index is 550. The Morgan fingerprint density at radius 3 is 2.12 bits per heavy atom. The van der Waals surface area contributed by atoms with Crippen LogP contribution in [0.1, 0.15) is 57.3 Å². The van der Waals surface area contributed by atoms with E-state index in [1.165, 1.54) is 0 Å². The van der Waals surface area contributed by atoms with Crippen molar-refractivity contribution >= 4 is 17.6 Å². The number of carbonyl (C=O) groups excluding carboxylic acids is 2. The molecule has 3 N–H and O–H groups in total. The molecule has 0 saturated carbocycles. The molecule has 1 atom stereocenters. The molecular formula is C19H31N3O3. The van der Waals surface area contributed by atoms with E-state index in [0.29, 0.717) is 17.7 Å². The molecule has 3 amide bonds. The minimum atomic E-state index is -0.921. The molecule has 6 heteroatoms. The van der Waals surface area contributed by atoms with E-state index in [4.69, 9.17) is 0 Å². The Balaban J connectivity index is 2.63. The second-order valence-corrected chi connectivity index (χ2v) is 6.53. The predicted octanol–water partition coefficient (Wildman–Crippen LogP) is 3.23. The summed E-state index contributed by atoms with van der Waals surface area (Å²) >= 11 is 0. The third kappa shape index (κ3) is 7.13. The molecule has 1 aromatic rings. The van der Waals surface area contributed by atoms with E-state index < -0.39 is 5.60 Å². The van der Waals surface area contributed by atoms with Gasteiger partial charge in [-0.3, -0.25) is 4.79 Å². The Labute approximate surface area is 150 Å². The normalized spacial score (nSPS) is 13.0. The topological polar surface area (TPSA) is 81.7 Å². The highest BCUT2D eigenvalue weighted by Gasteiger charge is 2.18. The second kappa shape index (κ2) is 10.0. The minimum Gasteiger partial charge on any atom is -0.388 e. The maximum Gasteiger partial charge on any atom is 0.319 e. The van der Waals surface area contributed by atoms with Crippen LogP contribution in [0.15, 0.2) is 24.3 Å². The number of urea groups is 1. The molecule has 0 aliphatic rings. The van der Waals surface area contributed by atoms with Crippen molar-refractivity contribution in [2.24, 2.45) is 0 Å². The summed E-state index contributed by atoms with van der Waals surface area (Å²) in [6.45, 7) is 9.30. The van der Waals surface area contributed by atoms with Gasteiger partial charge >= 0.3 is 6.03 Å². The van der Waals surface area contributed by atoms with Crippen LogP contribution < -0.4 is 10.6 Å². The predicted molar refractivity (Wildman–Crippen MR) is 101 cm³/mol. The summed E-state index contributed by atoms with van der Waals surface area (Å²) in [6, 6.07) is 6.48. The molecule has 0 spiro atoms. The van der Waals surface area contributed by atoms with Crippen molar-refractivity contribution in [3.63, 3.8) is 0 Å². The van der Waals surface area contributed by atoms with Gasteiger partial charge in [-0.1, -0.05) is 20.8 Å². The van der Waals surface area contributed by atoms with Gasteiger partial charge in [0.05, 0.1) is 5.60 Å². The molecule has 0 radical (unpaired) electrons. The second-order valence-electron chi connectivity index (χ2n) is 6.53. The van der Waals surface area contributed by atoms with Crippen LogP contribution in [0, 0.1) is 0 Å². The van der Waals surface area contributed by atoms with Gasteiger partial charge in [0.25, 0.3) is 5.91 Å². The molecule has 1 rings (SSSR count). The Morgan fingerprint density at radius 2 is 1.64 bits per heavy atom. The maximum atomic E-state index is 12.5. The first-order chi connectivity index (χ1) is 11.8. The number of benzene rings is 1. The van der Waals surface area contributed by atoms with Gasteiger partial charge in [0.2, 0.25) is 0 Å². The number of anilines is 1. The number of amides is 3. The summed E-state index contributed by atoms with van der Waals surface area (Å²) in [5, 5.41) is 15.2. The van der Waals surface area contributed by atoms with Crippen LogP contribution in [0.2, 0.25) is 0 Å². The molecule has 0 aromatic heterocycles. The smallest absolute Gasteiger partial charge is 0.319 e. The molecule has 1 aromatic carbocycles. The van der Waals surface area contributed by atoms with E-state index in [1.54, 1.807) is 31.2 Å². The Hall–Kier alpha value is -2.08. The van der Waals surface area contributed by atoms with Crippen LogP contribution in [-0.2, 0) is 0 Å². The lowest BCUT2D eigenvalue weighted by Crippen LogP contribution is -2.41. The standard InChI is InChI=1S/C19H31N3O3/c1-5-12-22(13-6-2)17(23)15-8-10-16(11-9-15)21-18(24)20-14-19(4,25)7-3/h8-11,25H,5-7,12-14H2,1-4H3,(H2,20,21,24). The SMILES string of the molecule is CCCN(CCC)C(=O)c1ccc(NC(=O)NCC(C)(O)CC)cc1. The van der Waals surface area contributed by atoms with Gasteiger partial charge in [-0.25, -0.2) is 4.79 Å². The van der Waals surface area contributed by atoms with Gasteiger partial charge in [0, 0.05) is 30.9 Å². The van der Waals surface area contributed by atoms with Crippen molar-refractivity contribution in [2.45, 2.75) is 52.6 Å². The number of aliphatic hydroxyl groups is 1. The third-order valence-corrected chi connectivity index (χ3v) is 4.06. The van der Waals surface area contributed by atoms with Gasteiger partial charge in [-0.15, -0.1) is 0 Å². The van der Waals surface area contributed by atoms with Gasteiger partial charge in [-0.05, 0) is 50.5 Å². The Morgan fingerprint density at radius 1 is 1.08 bits per heavy atom. The summed E-state index contributed by atoms with van der Waals surface area (Å²) in [4.78, 5) is 26.2. The van der Waals surface area contributed by atoms with Gasteiger partial charge in [-0.2, -0.15) is 0 Å². The number of hydrogen-bond donors (Lipinski definition) is 3. The highest BCUT2D eigenvalue weighted by atomic mass is 16.3. The average molecular weight is 349 g/mol. The molecule has 0 saturated heterocycles. The molecule has 0 aliphatic carbocycles. The first-order valence-electron chi connectivity index (χ1n) is 8.99. The van der Waals surface area contributed by atoms with Crippen molar-refractivity contribution in [2.75, 3.05) is 25.0 Å². The van der Waals surface area contributed by atoms with Crippen LogP contribution in [0.5, 0.6) is 0 Å². The number of nitrogens with zero attached hydrogens (tertiary/aromatic N) is 1. The quantitative estimate of drug-likeness (QED) is 0.640. The lowest BCUT2D eigenvalue weighted by molar-refractivity contribution is 0.0587. The van der Waals surface area contributed by atoms with Crippen LogP contribution in [0.4, 0.5) is 10.5 Å². The summed E-state index contributed by atoms with van der Waals surface area (Å²) in [5.74, 6) is 0.0127. The maximum absolute atomic E-state index is 12.5. The highest BCUT2D eigenvalue weighted by molar-refractivity contribution is 5.95. The van der Waals surface area contributed by atoms with Crippen molar-refractivity contribution < 1.29 is 14.7 Å². The average Bonchev–Trinajstić information content (AvgIpc) is 2.60. The van der Waals surface area contributed by atoms with E-state index in [-0.39, 0.29) is 18.5 Å². The van der Waals surface area contributed by atoms with E-state index in [2.05, 4.69) is 24.5 Å². The van der Waals surface area contributed by atoms with E-state index in [1.807, 2.05) is 11.8 Å².